The first kappa shape index (κ1) is 30.9. The Hall–Kier alpha value is -3.32. The van der Waals surface area contributed by atoms with Crippen molar-refractivity contribution in [1.82, 2.24) is 10.2 Å². The van der Waals surface area contributed by atoms with Gasteiger partial charge in [0.2, 0.25) is 0 Å². The molecule has 1 saturated heterocycles. The highest BCUT2D eigenvalue weighted by atomic mass is 32.2. The first-order valence-corrected chi connectivity index (χ1v) is 13.6. The minimum Gasteiger partial charge on any atom is -0.475 e. The van der Waals surface area contributed by atoms with E-state index in [0.29, 0.717) is 24.3 Å². The van der Waals surface area contributed by atoms with Crippen molar-refractivity contribution >= 4 is 33.3 Å². The lowest BCUT2D eigenvalue weighted by Gasteiger charge is -2.31. The Morgan fingerprint density at radius 2 is 1.58 bits per heavy atom. The van der Waals surface area contributed by atoms with Gasteiger partial charge in [0.1, 0.15) is 0 Å². The molecule has 1 heterocycles. The Balaban J connectivity index is 0.000000638. The fraction of sp³-hybridized carbons (Fsp3) is 0.440. The number of hydrogen-bond donors (Lipinski definition) is 3. The number of sulfonamides is 1. The minimum atomic E-state index is -5.08. The lowest BCUT2D eigenvalue weighted by molar-refractivity contribution is -0.192. The number of rotatable bonds is 8. The van der Waals surface area contributed by atoms with Crippen LogP contribution in [0.25, 0.3) is 0 Å². The fourth-order valence-corrected chi connectivity index (χ4v) is 4.80. The lowest BCUT2D eigenvalue weighted by Crippen LogP contribution is -2.43. The summed E-state index contributed by atoms with van der Waals surface area (Å²) in [4.78, 5) is 25.8. The Morgan fingerprint density at radius 3 is 2.05 bits per heavy atom. The number of carboxylic acid groups (broad SMARTS) is 1. The van der Waals surface area contributed by atoms with Crippen molar-refractivity contribution in [3.8, 4) is 0 Å². The van der Waals surface area contributed by atoms with Crippen molar-refractivity contribution in [2.75, 3.05) is 48.9 Å². The number of aryl methyl sites for hydroxylation is 1. The van der Waals surface area contributed by atoms with Gasteiger partial charge in [-0.2, -0.15) is 13.2 Å². The maximum atomic E-state index is 13.1. The molecule has 2 aromatic rings. The Morgan fingerprint density at radius 1 is 1.03 bits per heavy atom. The third-order valence-corrected chi connectivity index (χ3v) is 7.26. The van der Waals surface area contributed by atoms with E-state index in [1.165, 1.54) is 0 Å². The summed E-state index contributed by atoms with van der Waals surface area (Å²) >= 11 is 0. The van der Waals surface area contributed by atoms with Gasteiger partial charge in [-0.05, 0) is 56.2 Å². The highest BCUT2D eigenvalue weighted by Crippen LogP contribution is 2.30. The number of alkyl halides is 3. The van der Waals surface area contributed by atoms with Crippen LogP contribution in [0, 0.1) is 0 Å². The van der Waals surface area contributed by atoms with Crippen LogP contribution in [0.5, 0.6) is 0 Å². The number of nitrogens with zero attached hydrogens (tertiary/aromatic N) is 2. The second-order valence-electron chi connectivity index (χ2n) is 8.35. The van der Waals surface area contributed by atoms with Crippen LogP contribution in [0.2, 0.25) is 0 Å². The summed E-state index contributed by atoms with van der Waals surface area (Å²) in [5.74, 6) is -2.86. The van der Waals surface area contributed by atoms with Crippen molar-refractivity contribution in [2.24, 2.45) is 0 Å². The molecular weight excluding hydrogens is 525 g/mol. The average Bonchev–Trinajstić information content (AvgIpc) is 2.89. The van der Waals surface area contributed by atoms with Crippen LogP contribution in [-0.4, -0.2) is 75.7 Å². The molecule has 0 unspecified atom stereocenters. The predicted molar refractivity (Wildman–Crippen MR) is 139 cm³/mol. The number of carbonyl (C=O) groups excluding carboxylic acids is 1. The molecule has 0 saturated carbocycles. The zero-order valence-corrected chi connectivity index (χ0v) is 22.3. The molecule has 1 amide bonds. The summed E-state index contributed by atoms with van der Waals surface area (Å²) in [7, 11) is -3.79. The van der Waals surface area contributed by atoms with Crippen LogP contribution in [-0.2, 0) is 21.2 Å². The van der Waals surface area contributed by atoms with Gasteiger partial charge >= 0.3 is 12.1 Å². The second-order valence-corrected chi connectivity index (χ2v) is 10.0. The van der Waals surface area contributed by atoms with Crippen molar-refractivity contribution in [3.05, 3.63) is 53.6 Å². The van der Waals surface area contributed by atoms with Crippen molar-refractivity contribution in [1.29, 1.82) is 0 Å². The van der Waals surface area contributed by atoms with Crippen molar-refractivity contribution in [3.63, 3.8) is 0 Å². The summed E-state index contributed by atoms with van der Waals surface area (Å²) in [6, 6.07) is 12.2. The summed E-state index contributed by atoms with van der Waals surface area (Å²) in [5, 5.41) is 10.4. The quantitative estimate of drug-likeness (QED) is 0.453. The van der Waals surface area contributed by atoms with Gasteiger partial charge in [0.15, 0.2) is 0 Å². The van der Waals surface area contributed by atoms with E-state index in [1.807, 2.05) is 39.0 Å². The van der Waals surface area contributed by atoms with E-state index >= 15 is 0 Å². The zero-order valence-electron chi connectivity index (χ0n) is 21.5. The van der Waals surface area contributed by atoms with Gasteiger partial charge < -0.3 is 20.2 Å². The summed E-state index contributed by atoms with van der Waals surface area (Å²) in [5.41, 5.74) is 2.76. The standard InChI is InChI=1S/C23H32N4O3S.C2HF3O2/c1-4-18-7-10-20(11-8-18)31(29,30)25-21-17-19(23(28)26(5-2)6-3)9-12-22(21)27-15-13-24-14-16-27;3-2(4,5)1(6)7/h7-12,17,24-25H,4-6,13-16H2,1-3H3;(H,6,7). The molecule has 1 aliphatic rings. The third-order valence-electron chi connectivity index (χ3n) is 5.88. The maximum absolute atomic E-state index is 13.1. The van der Waals surface area contributed by atoms with Crippen LogP contribution in [0.15, 0.2) is 47.4 Å². The van der Waals surface area contributed by atoms with E-state index in [1.54, 1.807) is 29.2 Å². The average molecular weight is 559 g/mol. The Bertz CT molecular complexity index is 1190. The number of piperazine rings is 1. The molecule has 0 bridgehead atoms. The van der Waals surface area contributed by atoms with E-state index in [4.69, 9.17) is 9.90 Å². The molecule has 9 nitrogen and oxygen atoms in total. The number of carbonyl (C=O) groups is 2. The lowest BCUT2D eigenvalue weighted by atomic mass is 10.1. The van der Waals surface area contributed by atoms with E-state index in [-0.39, 0.29) is 10.8 Å². The van der Waals surface area contributed by atoms with Gasteiger partial charge in [0, 0.05) is 44.8 Å². The second kappa shape index (κ2) is 13.5. The number of halogens is 3. The number of nitrogens with one attached hydrogen (secondary N) is 2. The van der Waals surface area contributed by atoms with E-state index in [0.717, 1.165) is 43.9 Å². The highest BCUT2D eigenvalue weighted by molar-refractivity contribution is 7.92. The van der Waals surface area contributed by atoms with Crippen LogP contribution < -0.4 is 14.9 Å². The van der Waals surface area contributed by atoms with Gasteiger partial charge in [-0.15, -0.1) is 0 Å². The molecule has 13 heteroatoms. The monoisotopic (exact) mass is 558 g/mol. The molecule has 0 aliphatic carbocycles. The predicted octanol–water partition coefficient (Wildman–Crippen LogP) is 3.57. The van der Waals surface area contributed by atoms with Crippen LogP contribution in [0.3, 0.4) is 0 Å². The molecule has 1 fully saturated rings. The largest absolute Gasteiger partial charge is 0.490 e. The first-order chi connectivity index (χ1) is 17.8. The molecule has 0 atom stereocenters. The molecule has 2 aromatic carbocycles. The minimum absolute atomic E-state index is 0.107. The van der Waals surface area contributed by atoms with E-state index in [9.17, 15) is 26.4 Å². The van der Waals surface area contributed by atoms with Gasteiger partial charge in [0.25, 0.3) is 15.9 Å². The SMILES string of the molecule is CCc1ccc(S(=O)(=O)Nc2cc(C(=O)N(CC)CC)ccc2N2CCNCC2)cc1.O=C(O)C(F)(F)F. The number of carboxylic acids is 1. The summed E-state index contributed by atoms with van der Waals surface area (Å²) in [6.45, 7) is 10.3. The molecule has 38 heavy (non-hydrogen) atoms. The van der Waals surface area contributed by atoms with Gasteiger partial charge in [-0.1, -0.05) is 19.1 Å². The fourth-order valence-electron chi connectivity index (χ4n) is 3.73. The van der Waals surface area contributed by atoms with Crippen molar-refractivity contribution in [2.45, 2.75) is 38.3 Å². The molecule has 0 radical (unpaired) electrons. The number of aliphatic carboxylic acids is 1. The molecule has 0 spiro atoms. The molecule has 3 rings (SSSR count). The molecule has 0 aromatic heterocycles. The third kappa shape index (κ3) is 8.35. The topological polar surface area (TPSA) is 119 Å². The Kier molecular flexibility index (Phi) is 11.0. The maximum Gasteiger partial charge on any atom is 0.490 e. The van der Waals surface area contributed by atoms with Crippen LogP contribution >= 0.6 is 0 Å². The van der Waals surface area contributed by atoms with Gasteiger partial charge in [-0.3, -0.25) is 9.52 Å². The molecule has 210 valence electrons. The zero-order chi connectivity index (χ0) is 28.5. The smallest absolute Gasteiger partial charge is 0.475 e. The van der Waals surface area contributed by atoms with Crippen LogP contribution in [0.4, 0.5) is 24.5 Å². The van der Waals surface area contributed by atoms with Gasteiger partial charge in [-0.25, -0.2) is 13.2 Å². The van der Waals surface area contributed by atoms with E-state index in [2.05, 4.69) is 14.9 Å². The number of anilines is 2. The molecule has 1 aliphatic heterocycles. The number of amides is 1. The van der Waals surface area contributed by atoms with Crippen LogP contribution in [0.1, 0.15) is 36.7 Å². The number of hydrogen-bond acceptors (Lipinski definition) is 6. The van der Waals surface area contributed by atoms with E-state index < -0.39 is 22.2 Å². The molecular formula is C25H33F3N4O5S. The summed E-state index contributed by atoms with van der Waals surface area (Å²) in [6.07, 6.45) is -4.24. The highest BCUT2D eigenvalue weighted by Gasteiger charge is 2.38. The van der Waals surface area contributed by atoms with Crippen molar-refractivity contribution < 1.29 is 36.3 Å². The number of benzene rings is 2. The van der Waals surface area contributed by atoms with Gasteiger partial charge in [0.05, 0.1) is 16.3 Å². The normalized spacial score (nSPS) is 13.8. The summed E-state index contributed by atoms with van der Waals surface area (Å²) < 4.78 is 60.7. The Labute approximate surface area is 220 Å². The molecule has 3 N–H and O–H groups in total. The first-order valence-electron chi connectivity index (χ1n) is 12.1.